The summed E-state index contributed by atoms with van der Waals surface area (Å²) in [5, 5.41) is 6.84. The van der Waals surface area contributed by atoms with Gasteiger partial charge in [0.1, 0.15) is 5.82 Å². The molecule has 18 heavy (non-hydrogen) atoms. The molecule has 6 nitrogen and oxygen atoms in total. The van der Waals surface area contributed by atoms with Crippen molar-refractivity contribution in [1.82, 2.24) is 25.0 Å². The predicted octanol–water partition coefficient (Wildman–Crippen LogP) is 1.40. The average Bonchev–Trinajstić information content (AvgIpc) is 2.73. The van der Waals surface area contributed by atoms with E-state index >= 15 is 0 Å². The van der Waals surface area contributed by atoms with Crippen molar-refractivity contribution in [3.8, 4) is 0 Å². The second-order valence-corrected chi connectivity index (χ2v) is 5.17. The Morgan fingerprint density at radius 3 is 3.00 bits per heavy atom. The van der Waals surface area contributed by atoms with Crippen molar-refractivity contribution in [2.24, 2.45) is 5.92 Å². The Balaban J connectivity index is 1.91. The van der Waals surface area contributed by atoms with E-state index in [1.165, 1.54) is 6.42 Å². The molecular formula is C12H21N5O. The van der Waals surface area contributed by atoms with E-state index in [1.54, 1.807) is 11.9 Å². The van der Waals surface area contributed by atoms with Crippen LogP contribution in [0.3, 0.4) is 0 Å². The van der Waals surface area contributed by atoms with Crippen LogP contribution in [0.1, 0.15) is 31.4 Å². The van der Waals surface area contributed by atoms with Crippen LogP contribution >= 0.6 is 0 Å². The lowest BCUT2D eigenvalue weighted by atomic mass is 10.0. The van der Waals surface area contributed by atoms with E-state index in [0.29, 0.717) is 18.3 Å². The summed E-state index contributed by atoms with van der Waals surface area (Å²) >= 11 is 0. The lowest BCUT2D eigenvalue weighted by Crippen LogP contribution is -2.45. The second kappa shape index (κ2) is 5.37. The maximum Gasteiger partial charge on any atom is 0.320 e. The average molecular weight is 251 g/mol. The van der Waals surface area contributed by atoms with Gasteiger partial charge in [0, 0.05) is 20.1 Å². The molecule has 1 saturated heterocycles. The van der Waals surface area contributed by atoms with E-state index in [1.807, 2.05) is 11.8 Å². The first-order chi connectivity index (χ1) is 8.56. The normalized spacial score (nSPS) is 19.9. The number of likely N-dealkylation sites (tertiary alicyclic amines) is 1. The molecule has 1 N–H and O–H groups in total. The molecule has 0 spiro atoms. The molecule has 2 amide bonds. The van der Waals surface area contributed by atoms with Crippen molar-refractivity contribution in [2.45, 2.75) is 33.2 Å². The first-order valence-electron chi connectivity index (χ1n) is 6.44. The van der Waals surface area contributed by atoms with Crippen LogP contribution in [0.5, 0.6) is 0 Å². The van der Waals surface area contributed by atoms with Gasteiger partial charge in [-0.2, -0.15) is 5.10 Å². The van der Waals surface area contributed by atoms with Crippen LogP contribution in [0, 0.1) is 12.8 Å². The van der Waals surface area contributed by atoms with Crippen molar-refractivity contribution >= 4 is 6.03 Å². The van der Waals surface area contributed by atoms with Crippen LogP contribution in [0.2, 0.25) is 0 Å². The SMILES string of the molecule is Cc1nc(CN(C)C(=O)N2CCCC(C)C2)n[nH]1. The molecule has 1 aliphatic rings. The smallest absolute Gasteiger partial charge is 0.320 e. The molecule has 1 fully saturated rings. The van der Waals surface area contributed by atoms with Crippen molar-refractivity contribution in [3.63, 3.8) is 0 Å². The summed E-state index contributed by atoms with van der Waals surface area (Å²) in [7, 11) is 1.80. The zero-order valence-corrected chi connectivity index (χ0v) is 11.3. The predicted molar refractivity (Wildman–Crippen MR) is 68.0 cm³/mol. The van der Waals surface area contributed by atoms with Gasteiger partial charge in [0.25, 0.3) is 0 Å². The van der Waals surface area contributed by atoms with Crippen LogP contribution < -0.4 is 0 Å². The zero-order valence-electron chi connectivity index (χ0n) is 11.3. The zero-order chi connectivity index (χ0) is 13.1. The van der Waals surface area contributed by atoms with Crippen molar-refractivity contribution in [1.29, 1.82) is 0 Å². The minimum atomic E-state index is 0.0732. The summed E-state index contributed by atoms with van der Waals surface area (Å²) < 4.78 is 0. The first kappa shape index (κ1) is 12.9. The monoisotopic (exact) mass is 251 g/mol. The molecular weight excluding hydrogens is 230 g/mol. The van der Waals surface area contributed by atoms with Gasteiger partial charge in [-0.1, -0.05) is 6.92 Å². The third-order valence-corrected chi connectivity index (χ3v) is 3.28. The van der Waals surface area contributed by atoms with Crippen LogP contribution in [0.25, 0.3) is 0 Å². The Labute approximate surface area is 107 Å². The number of aryl methyl sites for hydroxylation is 1. The van der Waals surface area contributed by atoms with Gasteiger partial charge in [-0.15, -0.1) is 0 Å². The number of hydrogen-bond acceptors (Lipinski definition) is 3. The number of piperidine rings is 1. The van der Waals surface area contributed by atoms with Crippen molar-refractivity contribution < 1.29 is 4.79 Å². The van der Waals surface area contributed by atoms with Crippen molar-refractivity contribution in [3.05, 3.63) is 11.6 Å². The molecule has 1 aromatic heterocycles. The Bertz CT molecular complexity index is 416. The quantitative estimate of drug-likeness (QED) is 0.864. The highest BCUT2D eigenvalue weighted by molar-refractivity contribution is 5.74. The highest BCUT2D eigenvalue weighted by Crippen LogP contribution is 2.16. The van der Waals surface area contributed by atoms with Crippen LogP contribution in [-0.2, 0) is 6.54 Å². The number of rotatable bonds is 2. The number of urea groups is 1. The molecule has 0 radical (unpaired) electrons. The van der Waals surface area contributed by atoms with E-state index in [0.717, 1.165) is 25.3 Å². The number of aromatic amines is 1. The molecule has 1 atom stereocenters. The van der Waals surface area contributed by atoms with Crippen LogP contribution in [0.15, 0.2) is 0 Å². The maximum atomic E-state index is 12.2. The summed E-state index contributed by atoms with van der Waals surface area (Å²) in [5.74, 6) is 2.03. The highest BCUT2D eigenvalue weighted by atomic mass is 16.2. The van der Waals surface area contributed by atoms with Gasteiger partial charge in [-0.05, 0) is 25.7 Å². The van der Waals surface area contributed by atoms with E-state index in [9.17, 15) is 4.79 Å². The number of amides is 2. The van der Waals surface area contributed by atoms with Gasteiger partial charge < -0.3 is 9.80 Å². The summed E-state index contributed by atoms with van der Waals surface area (Å²) in [4.78, 5) is 20.1. The number of aromatic nitrogens is 3. The van der Waals surface area contributed by atoms with E-state index in [2.05, 4.69) is 22.1 Å². The number of hydrogen-bond donors (Lipinski definition) is 1. The second-order valence-electron chi connectivity index (χ2n) is 5.17. The molecule has 100 valence electrons. The standard InChI is InChI=1S/C12H21N5O/c1-9-5-4-6-17(7-9)12(18)16(3)8-11-13-10(2)14-15-11/h9H,4-8H2,1-3H3,(H,13,14,15). The van der Waals surface area contributed by atoms with Crippen LogP contribution in [-0.4, -0.2) is 51.1 Å². The summed E-state index contributed by atoms with van der Waals surface area (Å²) in [5.41, 5.74) is 0. The van der Waals surface area contributed by atoms with Gasteiger partial charge in [0.05, 0.1) is 6.54 Å². The molecule has 1 aromatic rings. The van der Waals surface area contributed by atoms with E-state index < -0.39 is 0 Å². The molecule has 1 aliphatic heterocycles. The number of nitrogens with one attached hydrogen (secondary N) is 1. The minimum Gasteiger partial charge on any atom is -0.324 e. The summed E-state index contributed by atoms with van der Waals surface area (Å²) in [6.45, 7) is 6.22. The van der Waals surface area contributed by atoms with E-state index in [-0.39, 0.29) is 6.03 Å². The van der Waals surface area contributed by atoms with E-state index in [4.69, 9.17) is 0 Å². The third kappa shape index (κ3) is 3.00. The summed E-state index contributed by atoms with van der Waals surface area (Å²) in [6, 6.07) is 0.0732. The molecule has 0 aromatic carbocycles. The number of H-pyrrole nitrogens is 1. The first-order valence-corrected chi connectivity index (χ1v) is 6.44. The Morgan fingerprint density at radius 1 is 1.61 bits per heavy atom. The molecule has 0 saturated carbocycles. The van der Waals surface area contributed by atoms with Gasteiger partial charge >= 0.3 is 6.03 Å². The van der Waals surface area contributed by atoms with Gasteiger partial charge in [-0.3, -0.25) is 5.10 Å². The fourth-order valence-corrected chi connectivity index (χ4v) is 2.34. The lowest BCUT2D eigenvalue weighted by molar-refractivity contribution is 0.137. The Morgan fingerprint density at radius 2 is 2.39 bits per heavy atom. The fraction of sp³-hybridized carbons (Fsp3) is 0.750. The number of nitrogens with zero attached hydrogens (tertiary/aromatic N) is 4. The third-order valence-electron chi connectivity index (χ3n) is 3.28. The lowest BCUT2D eigenvalue weighted by Gasteiger charge is -2.33. The molecule has 2 heterocycles. The number of carbonyl (C=O) groups excluding carboxylic acids is 1. The summed E-state index contributed by atoms with van der Waals surface area (Å²) in [6.07, 6.45) is 2.31. The Hall–Kier alpha value is -1.59. The maximum absolute atomic E-state index is 12.2. The Kier molecular flexibility index (Phi) is 3.84. The largest absolute Gasteiger partial charge is 0.324 e. The molecule has 0 aliphatic carbocycles. The molecule has 0 bridgehead atoms. The fourth-order valence-electron chi connectivity index (χ4n) is 2.34. The van der Waals surface area contributed by atoms with Crippen LogP contribution in [0.4, 0.5) is 4.79 Å². The highest BCUT2D eigenvalue weighted by Gasteiger charge is 2.23. The number of carbonyl (C=O) groups is 1. The minimum absolute atomic E-state index is 0.0732. The molecule has 2 rings (SSSR count). The van der Waals surface area contributed by atoms with Crippen molar-refractivity contribution in [2.75, 3.05) is 20.1 Å². The van der Waals surface area contributed by atoms with Gasteiger partial charge in [-0.25, -0.2) is 9.78 Å². The molecule has 6 heteroatoms. The van der Waals surface area contributed by atoms with Gasteiger partial charge in [0.15, 0.2) is 5.82 Å². The topological polar surface area (TPSA) is 65.1 Å². The van der Waals surface area contributed by atoms with Gasteiger partial charge in [0.2, 0.25) is 0 Å². The molecule has 1 unspecified atom stereocenters.